The molecule has 1 fully saturated rings. The Morgan fingerprint density at radius 3 is 2.78 bits per heavy atom. The third-order valence-electron chi connectivity index (χ3n) is 2.73. The quantitative estimate of drug-likeness (QED) is 0.620. The molecule has 1 saturated heterocycles. The fraction of sp³-hybridized carbons (Fsp3) is 0.385. The number of thioether (sulfide) groups is 1. The van der Waals surface area contributed by atoms with Gasteiger partial charge in [-0.1, -0.05) is 18.2 Å². The van der Waals surface area contributed by atoms with Gasteiger partial charge in [0.2, 0.25) is 6.41 Å². The van der Waals surface area contributed by atoms with Crippen LogP contribution < -0.4 is 0 Å². The molecule has 5 heteroatoms. The molecule has 0 spiro atoms. The van der Waals surface area contributed by atoms with Crippen molar-refractivity contribution < 1.29 is 4.79 Å². The molecule has 0 aromatic heterocycles. The van der Waals surface area contributed by atoms with Gasteiger partial charge in [-0.15, -0.1) is 11.8 Å². The van der Waals surface area contributed by atoms with E-state index in [1.54, 1.807) is 16.7 Å². The van der Waals surface area contributed by atoms with Gasteiger partial charge in [0, 0.05) is 0 Å². The van der Waals surface area contributed by atoms with Gasteiger partial charge in [-0.05, 0) is 26.0 Å². The largest absolute Gasteiger partial charge is 0.328 e. The summed E-state index contributed by atoms with van der Waals surface area (Å²) >= 11 is 1.64. The highest BCUT2D eigenvalue weighted by Crippen LogP contribution is 2.39. The molecule has 4 nitrogen and oxygen atoms in total. The average Bonchev–Trinajstić information content (AvgIpc) is 2.65. The number of rotatable bonds is 3. The van der Waals surface area contributed by atoms with Crippen LogP contribution in [-0.2, 0) is 4.79 Å². The first-order valence-electron chi connectivity index (χ1n) is 5.72. The summed E-state index contributed by atoms with van der Waals surface area (Å²) in [5.74, 6) is 0. The molecule has 1 aromatic carbocycles. The number of aliphatic imine (C=N–C) groups is 2. The summed E-state index contributed by atoms with van der Waals surface area (Å²) in [7, 11) is 0. The minimum absolute atomic E-state index is 0.0117. The van der Waals surface area contributed by atoms with Crippen molar-refractivity contribution >= 4 is 29.9 Å². The molecule has 94 valence electrons. The normalized spacial score (nSPS) is 21.2. The summed E-state index contributed by atoms with van der Waals surface area (Å²) in [6.07, 6.45) is 0.872. The smallest absolute Gasteiger partial charge is 0.210 e. The van der Waals surface area contributed by atoms with Crippen LogP contribution in [0.4, 0.5) is 5.69 Å². The SMILES string of the molecule is CC1(C)SC(N=C=Nc2ccccc2)CN1C=O. The zero-order valence-electron chi connectivity index (χ0n) is 10.4. The first-order valence-corrected chi connectivity index (χ1v) is 6.60. The minimum atomic E-state index is -0.204. The van der Waals surface area contributed by atoms with Crippen molar-refractivity contribution in [3.05, 3.63) is 30.3 Å². The zero-order chi connectivity index (χ0) is 13.0. The van der Waals surface area contributed by atoms with Gasteiger partial charge >= 0.3 is 0 Å². The molecule has 1 aromatic rings. The first kappa shape index (κ1) is 12.9. The van der Waals surface area contributed by atoms with E-state index in [2.05, 4.69) is 16.0 Å². The Labute approximate surface area is 111 Å². The van der Waals surface area contributed by atoms with Gasteiger partial charge in [-0.2, -0.15) is 4.99 Å². The number of benzene rings is 1. The van der Waals surface area contributed by atoms with Crippen LogP contribution in [0.2, 0.25) is 0 Å². The second-order valence-electron chi connectivity index (χ2n) is 4.45. The Hall–Kier alpha value is -1.58. The van der Waals surface area contributed by atoms with E-state index in [0.717, 1.165) is 12.1 Å². The molecule has 0 aliphatic carbocycles. The first-order chi connectivity index (χ1) is 8.62. The summed E-state index contributed by atoms with van der Waals surface area (Å²) in [6, 6.07) is 12.3. The molecule has 1 amide bonds. The van der Waals surface area contributed by atoms with Crippen molar-refractivity contribution in [3.63, 3.8) is 0 Å². The fourth-order valence-electron chi connectivity index (χ4n) is 1.72. The second-order valence-corrected chi connectivity index (χ2v) is 6.23. The molecule has 0 radical (unpaired) electrons. The molecule has 18 heavy (non-hydrogen) atoms. The van der Waals surface area contributed by atoms with E-state index in [1.165, 1.54) is 0 Å². The summed E-state index contributed by atoms with van der Waals surface area (Å²) < 4.78 is 0. The van der Waals surface area contributed by atoms with Crippen LogP contribution in [0, 0.1) is 0 Å². The fourth-order valence-corrected chi connectivity index (χ4v) is 2.97. The lowest BCUT2D eigenvalue weighted by atomic mass is 10.3. The number of nitrogens with zero attached hydrogens (tertiary/aromatic N) is 3. The molecule has 2 rings (SSSR count). The maximum atomic E-state index is 10.9. The van der Waals surface area contributed by atoms with Gasteiger partial charge in [0.15, 0.2) is 0 Å². The maximum absolute atomic E-state index is 10.9. The average molecular weight is 261 g/mol. The van der Waals surface area contributed by atoms with E-state index >= 15 is 0 Å². The van der Waals surface area contributed by atoms with Gasteiger partial charge in [0.25, 0.3) is 0 Å². The lowest BCUT2D eigenvalue weighted by Gasteiger charge is -2.25. The van der Waals surface area contributed by atoms with E-state index in [-0.39, 0.29) is 10.2 Å². The predicted molar refractivity (Wildman–Crippen MR) is 74.2 cm³/mol. The van der Waals surface area contributed by atoms with Crippen LogP contribution in [0.15, 0.2) is 40.3 Å². The van der Waals surface area contributed by atoms with Crippen molar-refractivity contribution in [2.24, 2.45) is 9.98 Å². The van der Waals surface area contributed by atoms with Crippen LogP contribution >= 0.6 is 11.8 Å². The van der Waals surface area contributed by atoms with Crippen LogP contribution in [0.3, 0.4) is 0 Å². The molecule has 1 heterocycles. The molecular formula is C13H15N3OS. The monoisotopic (exact) mass is 261 g/mol. The highest BCUT2D eigenvalue weighted by Gasteiger charge is 2.38. The van der Waals surface area contributed by atoms with Gasteiger partial charge < -0.3 is 4.90 Å². The minimum Gasteiger partial charge on any atom is -0.328 e. The van der Waals surface area contributed by atoms with Crippen LogP contribution in [0.25, 0.3) is 0 Å². The Balaban J connectivity index is 2.03. The molecule has 0 saturated carbocycles. The number of carbonyl (C=O) groups excluding carboxylic acids is 1. The van der Waals surface area contributed by atoms with Gasteiger partial charge in [-0.25, -0.2) is 4.99 Å². The Kier molecular flexibility index (Phi) is 3.84. The Bertz CT molecular complexity index is 480. The van der Waals surface area contributed by atoms with E-state index in [9.17, 15) is 4.79 Å². The molecule has 1 aliphatic rings. The third kappa shape index (κ3) is 3.00. The van der Waals surface area contributed by atoms with E-state index in [4.69, 9.17) is 0 Å². The molecule has 1 aliphatic heterocycles. The van der Waals surface area contributed by atoms with Crippen LogP contribution in [-0.4, -0.2) is 34.1 Å². The highest BCUT2D eigenvalue weighted by molar-refractivity contribution is 8.01. The topological polar surface area (TPSA) is 45.0 Å². The number of hydrogen-bond acceptors (Lipinski definition) is 4. The Morgan fingerprint density at radius 1 is 1.44 bits per heavy atom. The molecule has 1 atom stereocenters. The number of amides is 1. The summed E-state index contributed by atoms with van der Waals surface area (Å²) in [5.41, 5.74) is 0.829. The van der Waals surface area contributed by atoms with E-state index in [0.29, 0.717) is 6.54 Å². The number of para-hydroxylation sites is 1. The molecular weight excluding hydrogens is 246 g/mol. The van der Waals surface area contributed by atoms with E-state index in [1.807, 2.05) is 44.2 Å². The van der Waals surface area contributed by atoms with Crippen molar-refractivity contribution in [1.82, 2.24) is 4.90 Å². The van der Waals surface area contributed by atoms with Gasteiger partial charge in [0.1, 0.15) is 5.37 Å². The second kappa shape index (κ2) is 5.38. The molecule has 1 unspecified atom stereocenters. The zero-order valence-corrected chi connectivity index (χ0v) is 11.2. The van der Waals surface area contributed by atoms with Crippen molar-refractivity contribution in [2.75, 3.05) is 6.54 Å². The lowest BCUT2D eigenvalue weighted by molar-refractivity contribution is -0.119. The Morgan fingerprint density at radius 2 is 2.17 bits per heavy atom. The predicted octanol–water partition coefficient (Wildman–Crippen LogP) is 2.76. The van der Waals surface area contributed by atoms with E-state index < -0.39 is 0 Å². The molecule has 0 N–H and O–H groups in total. The van der Waals surface area contributed by atoms with Crippen molar-refractivity contribution in [2.45, 2.75) is 24.1 Å². The van der Waals surface area contributed by atoms with Crippen LogP contribution in [0.1, 0.15) is 13.8 Å². The maximum Gasteiger partial charge on any atom is 0.210 e. The van der Waals surface area contributed by atoms with Gasteiger partial charge in [0.05, 0.1) is 23.1 Å². The van der Waals surface area contributed by atoms with Crippen molar-refractivity contribution in [3.8, 4) is 0 Å². The van der Waals surface area contributed by atoms with Crippen molar-refractivity contribution in [1.29, 1.82) is 0 Å². The highest BCUT2D eigenvalue weighted by atomic mass is 32.2. The summed E-state index contributed by atoms with van der Waals surface area (Å²) in [4.78, 5) is 20.8. The third-order valence-corrected chi connectivity index (χ3v) is 4.07. The van der Waals surface area contributed by atoms with Crippen LogP contribution in [0.5, 0.6) is 0 Å². The molecule has 0 bridgehead atoms. The summed E-state index contributed by atoms with van der Waals surface area (Å²) in [5, 5.41) is 0.0117. The number of carbonyl (C=O) groups is 1. The number of hydrogen-bond donors (Lipinski definition) is 0. The lowest BCUT2D eigenvalue weighted by Crippen LogP contribution is -2.35. The standard InChI is InChI=1S/C13H15N3OS/c1-13(2)16(10-17)8-12(18-13)15-9-14-11-6-4-3-5-7-11/h3-7,10,12H,8H2,1-2H3. The summed E-state index contributed by atoms with van der Waals surface area (Å²) in [6.45, 7) is 4.63. The van der Waals surface area contributed by atoms with Gasteiger partial charge in [-0.3, -0.25) is 4.79 Å².